The molecule has 0 aliphatic carbocycles. The van der Waals surface area contributed by atoms with Crippen molar-refractivity contribution in [3.05, 3.63) is 36.3 Å². The maximum atomic E-state index is 4.81. The van der Waals surface area contributed by atoms with Gasteiger partial charge in [0, 0.05) is 56.5 Å². The summed E-state index contributed by atoms with van der Waals surface area (Å²) in [6.45, 7) is 10.3. The Morgan fingerprint density at radius 3 is 2.71 bits per heavy atom. The van der Waals surface area contributed by atoms with Crippen molar-refractivity contribution in [3.63, 3.8) is 0 Å². The van der Waals surface area contributed by atoms with Gasteiger partial charge in [0.1, 0.15) is 11.5 Å². The summed E-state index contributed by atoms with van der Waals surface area (Å²) in [6, 6.07) is 6.27. The molecule has 3 aromatic rings. The van der Waals surface area contributed by atoms with E-state index in [1.165, 1.54) is 5.69 Å². The number of piperazine rings is 1. The van der Waals surface area contributed by atoms with Crippen molar-refractivity contribution in [1.82, 2.24) is 30.2 Å². The molecule has 0 bridgehead atoms. The Morgan fingerprint density at radius 2 is 1.93 bits per heavy atom. The first kappa shape index (κ1) is 17.4. The predicted octanol–water partition coefficient (Wildman–Crippen LogP) is 1.82. The summed E-state index contributed by atoms with van der Waals surface area (Å²) in [4.78, 5) is 16.2. The normalized spacial score (nSPS) is 18.9. The number of hydrogen-bond donors (Lipinski definition) is 3. The first-order valence-electron chi connectivity index (χ1n) is 9.87. The van der Waals surface area contributed by atoms with Crippen LogP contribution in [0.4, 0.5) is 17.5 Å². The van der Waals surface area contributed by atoms with E-state index in [0.29, 0.717) is 5.95 Å². The molecule has 0 aromatic carbocycles. The van der Waals surface area contributed by atoms with Crippen LogP contribution in [0.3, 0.4) is 0 Å². The fourth-order valence-electron chi connectivity index (χ4n) is 4.17. The lowest BCUT2D eigenvalue weighted by molar-refractivity contribution is 0.298. The minimum absolute atomic E-state index is 0.0237. The molecule has 0 radical (unpaired) electrons. The van der Waals surface area contributed by atoms with Gasteiger partial charge in [-0.25, -0.2) is 9.97 Å². The van der Waals surface area contributed by atoms with Crippen molar-refractivity contribution in [3.8, 4) is 0 Å². The highest BCUT2D eigenvalue weighted by Crippen LogP contribution is 2.29. The van der Waals surface area contributed by atoms with E-state index in [1.54, 1.807) is 0 Å². The molecule has 8 nitrogen and oxygen atoms in total. The average molecular weight is 378 g/mol. The molecule has 0 saturated carbocycles. The lowest BCUT2D eigenvalue weighted by atomic mass is 10.0. The lowest BCUT2D eigenvalue weighted by Crippen LogP contribution is -2.44. The summed E-state index contributed by atoms with van der Waals surface area (Å²) in [5, 5.41) is 11.2. The van der Waals surface area contributed by atoms with Crippen molar-refractivity contribution >= 4 is 28.5 Å². The number of nitrogens with one attached hydrogen (secondary N) is 3. The van der Waals surface area contributed by atoms with Crippen LogP contribution < -0.4 is 20.9 Å². The van der Waals surface area contributed by atoms with Gasteiger partial charge in [-0.15, -0.1) is 0 Å². The summed E-state index contributed by atoms with van der Waals surface area (Å²) in [7, 11) is 0. The second-order valence-electron chi connectivity index (χ2n) is 8.12. The van der Waals surface area contributed by atoms with Gasteiger partial charge in [0.05, 0.1) is 17.4 Å². The molecular weight excluding hydrogens is 352 g/mol. The minimum Gasteiger partial charge on any atom is -0.368 e. The van der Waals surface area contributed by atoms with E-state index in [9.17, 15) is 0 Å². The van der Waals surface area contributed by atoms with Gasteiger partial charge in [0.2, 0.25) is 5.95 Å². The second-order valence-corrected chi connectivity index (χ2v) is 8.12. The van der Waals surface area contributed by atoms with E-state index in [1.807, 2.05) is 18.5 Å². The van der Waals surface area contributed by atoms with Crippen LogP contribution >= 0.6 is 0 Å². The van der Waals surface area contributed by atoms with Crippen LogP contribution in [0.1, 0.15) is 19.5 Å². The van der Waals surface area contributed by atoms with Crippen LogP contribution in [0.25, 0.3) is 11.0 Å². The summed E-state index contributed by atoms with van der Waals surface area (Å²) in [5.74, 6) is 1.33. The van der Waals surface area contributed by atoms with Gasteiger partial charge < -0.3 is 25.4 Å². The molecule has 0 atom stereocenters. The van der Waals surface area contributed by atoms with Crippen molar-refractivity contribution in [2.24, 2.45) is 0 Å². The Labute approximate surface area is 164 Å². The molecule has 3 aromatic heterocycles. The topological polar surface area (TPSA) is 82.9 Å². The van der Waals surface area contributed by atoms with E-state index in [4.69, 9.17) is 4.98 Å². The van der Waals surface area contributed by atoms with Crippen molar-refractivity contribution in [2.45, 2.75) is 25.9 Å². The Kier molecular flexibility index (Phi) is 4.17. The van der Waals surface area contributed by atoms with Crippen LogP contribution in [0, 0.1) is 0 Å². The highest BCUT2D eigenvalue weighted by Gasteiger charge is 2.29. The average Bonchev–Trinajstić information content (AvgIpc) is 3.08. The Bertz CT molecular complexity index is 985. The third kappa shape index (κ3) is 3.08. The maximum absolute atomic E-state index is 4.81. The number of rotatable bonds is 3. The highest BCUT2D eigenvalue weighted by molar-refractivity contribution is 5.78. The SMILES string of the molecule is CC1(C)CNCc2cc3cnc(Nc4ccc(N5CCNCC5)cn4)nc3n21. The first-order chi connectivity index (χ1) is 13.6. The molecule has 28 heavy (non-hydrogen) atoms. The van der Waals surface area contributed by atoms with Crippen LogP contribution in [0.2, 0.25) is 0 Å². The Morgan fingerprint density at radius 1 is 1.07 bits per heavy atom. The molecular formula is C20H26N8. The molecule has 1 saturated heterocycles. The number of aromatic nitrogens is 4. The minimum atomic E-state index is -0.0237. The highest BCUT2D eigenvalue weighted by atomic mass is 15.2. The van der Waals surface area contributed by atoms with Gasteiger partial charge in [-0.3, -0.25) is 0 Å². The molecule has 0 spiro atoms. The molecule has 8 heteroatoms. The van der Waals surface area contributed by atoms with E-state index >= 15 is 0 Å². The van der Waals surface area contributed by atoms with Gasteiger partial charge in [-0.05, 0) is 32.0 Å². The van der Waals surface area contributed by atoms with E-state index in [0.717, 1.165) is 61.8 Å². The number of hydrogen-bond acceptors (Lipinski definition) is 7. The van der Waals surface area contributed by atoms with Gasteiger partial charge in [0.25, 0.3) is 0 Å². The maximum Gasteiger partial charge on any atom is 0.230 e. The lowest BCUT2D eigenvalue weighted by Gasteiger charge is -2.34. The summed E-state index contributed by atoms with van der Waals surface area (Å²) in [5.41, 5.74) is 3.34. The molecule has 3 N–H and O–H groups in total. The number of anilines is 3. The summed E-state index contributed by atoms with van der Waals surface area (Å²) < 4.78 is 2.33. The monoisotopic (exact) mass is 378 g/mol. The summed E-state index contributed by atoms with van der Waals surface area (Å²) in [6.07, 6.45) is 3.81. The van der Waals surface area contributed by atoms with Crippen LogP contribution in [0.15, 0.2) is 30.6 Å². The van der Waals surface area contributed by atoms with Gasteiger partial charge >= 0.3 is 0 Å². The molecule has 146 valence electrons. The molecule has 5 heterocycles. The van der Waals surface area contributed by atoms with E-state index < -0.39 is 0 Å². The zero-order chi connectivity index (χ0) is 19.1. The molecule has 2 aliphatic heterocycles. The smallest absolute Gasteiger partial charge is 0.230 e. The van der Waals surface area contributed by atoms with Crippen LogP contribution in [-0.4, -0.2) is 52.2 Å². The zero-order valence-corrected chi connectivity index (χ0v) is 16.4. The third-order valence-corrected chi connectivity index (χ3v) is 5.56. The molecule has 2 aliphatic rings. The molecule has 5 rings (SSSR count). The molecule has 1 fully saturated rings. The number of pyridine rings is 1. The van der Waals surface area contributed by atoms with Crippen molar-refractivity contribution in [1.29, 1.82) is 0 Å². The fraction of sp³-hybridized carbons (Fsp3) is 0.450. The van der Waals surface area contributed by atoms with Gasteiger partial charge in [0.15, 0.2) is 0 Å². The van der Waals surface area contributed by atoms with Crippen molar-refractivity contribution < 1.29 is 0 Å². The van der Waals surface area contributed by atoms with E-state index in [2.05, 4.69) is 61.4 Å². The predicted molar refractivity (Wildman–Crippen MR) is 111 cm³/mol. The standard InChI is InChI=1S/C20H26N8/c1-20(2)13-22-11-16-9-14-10-24-19(26-18(14)28(16)20)25-17-4-3-15(12-23-17)27-7-5-21-6-8-27/h3-4,9-10,12,21-22H,5-8,11,13H2,1-2H3,(H,23,24,25,26). The number of nitrogens with zero attached hydrogens (tertiary/aromatic N) is 5. The van der Waals surface area contributed by atoms with E-state index in [-0.39, 0.29) is 5.54 Å². The quantitative estimate of drug-likeness (QED) is 0.641. The Hall–Kier alpha value is -2.71. The Balaban J connectivity index is 1.41. The van der Waals surface area contributed by atoms with Gasteiger partial charge in [-0.2, -0.15) is 4.98 Å². The molecule has 0 amide bonds. The largest absolute Gasteiger partial charge is 0.368 e. The molecule has 0 unspecified atom stereocenters. The fourth-order valence-corrected chi connectivity index (χ4v) is 4.17. The first-order valence-corrected chi connectivity index (χ1v) is 9.87. The summed E-state index contributed by atoms with van der Waals surface area (Å²) >= 11 is 0. The number of fused-ring (bicyclic) bond motifs is 3. The second kappa shape index (κ2) is 6.72. The van der Waals surface area contributed by atoms with Crippen LogP contribution in [0.5, 0.6) is 0 Å². The van der Waals surface area contributed by atoms with Gasteiger partial charge in [-0.1, -0.05) is 0 Å². The zero-order valence-electron chi connectivity index (χ0n) is 16.4. The third-order valence-electron chi connectivity index (χ3n) is 5.56. The van der Waals surface area contributed by atoms with Crippen LogP contribution in [-0.2, 0) is 12.1 Å². The van der Waals surface area contributed by atoms with Crippen molar-refractivity contribution in [2.75, 3.05) is 42.9 Å².